The molecule has 0 saturated carbocycles. The second kappa shape index (κ2) is 8.72. The van der Waals surface area contributed by atoms with Crippen LogP contribution in [0.4, 0.5) is 0 Å². The van der Waals surface area contributed by atoms with Gasteiger partial charge in [-0.2, -0.15) is 5.10 Å². The number of benzene rings is 2. The van der Waals surface area contributed by atoms with Crippen LogP contribution in [-0.4, -0.2) is 33.4 Å². The van der Waals surface area contributed by atoms with Gasteiger partial charge in [0.25, 0.3) is 5.56 Å². The van der Waals surface area contributed by atoms with E-state index in [0.29, 0.717) is 45.1 Å². The largest absolute Gasteiger partial charge is 0.493 e. The third-order valence-corrected chi connectivity index (χ3v) is 5.80. The molecule has 0 unspecified atom stereocenters. The molecule has 5 aromatic rings. The fourth-order valence-corrected chi connectivity index (χ4v) is 3.96. The average molecular weight is 477 g/mol. The number of oxazole rings is 1. The second-order valence-electron chi connectivity index (χ2n) is 7.69. The molecular weight excluding hydrogens is 456 g/mol. The van der Waals surface area contributed by atoms with E-state index in [1.807, 2.05) is 31.2 Å². The molecule has 0 aliphatic carbocycles. The van der Waals surface area contributed by atoms with Gasteiger partial charge in [-0.05, 0) is 49.4 Å². The Hall–Kier alpha value is -4.04. The van der Waals surface area contributed by atoms with Gasteiger partial charge in [0.05, 0.1) is 26.5 Å². The van der Waals surface area contributed by atoms with Crippen molar-refractivity contribution in [3.8, 4) is 34.2 Å². The average Bonchev–Trinajstić information content (AvgIpc) is 3.44. The topological polar surface area (TPSA) is 83.8 Å². The smallest absolute Gasteiger partial charge is 0.276 e. The maximum Gasteiger partial charge on any atom is 0.276 e. The lowest BCUT2D eigenvalue weighted by Gasteiger charge is -2.08. The predicted octanol–water partition coefficient (Wildman–Crippen LogP) is 4.85. The van der Waals surface area contributed by atoms with Gasteiger partial charge in [-0.25, -0.2) is 9.50 Å². The van der Waals surface area contributed by atoms with E-state index in [9.17, 15) is 4.79 Å². The molecule has 2 aromatic carbocycles. The fourth-order valence-electron chi connectivity index (χ4n) is 3.77. The number of rotatable bonds is 6. The van der Waals surface area contributed by atoms with Crippen molar-refractivity contribution in [1.29, 1.82) is 0 Å². The molecule has 0 saturated heterocycles. The number of fused-ring (bicyclic) bond motifs is 1. The van der Waals surface area contributed by atoms with Crippen LogP contribution in [0.5, 0.6) is 11.5 Å². The number of aryl methyl sites for hydroxylation is 1. The van der Waals surface area contributed by atoms with Crippen molar-refractivity contribution in [1.82, 2.24) is 19.2 Å². The molecule has 0 aliphatic rings. The summed E-state index contributed by atoms with van der Waals surface area (Å²) < 4.78 is 19.7. The van der Waals surface area contributed by atoms with Crippen LogP contribution >= 0.6 is 11.6 Å². The molecule has 0 fully saturated rings. The van der Waals surface area contributed by atoms with Gasteiger partial charge in [-0.1, -0.05) is 17.7 Å². The Morgan fingerprint density at radius 2 is 1.82 bits per heavy atom. The molecule has 8 nitrogen and oxygen atoms in total. The lowest BCUT2D eigenvalue weighted by Crippen LogP contribution is -2.22. The first kappa shape index (κ1) is 21.8. The van der Waals surface area contributed by atoms with E-state index in [4.69, 9.17) is 25.5 Å². The van der Waals surface area contributed by atoms with Crippen molar-refractivity contribution in [2.45, 2.75) is 13.5 Å². The first-order chi connectivity index (χ1) is 16.5. The Balaban J connectivity index is 1.48. The lowest BCUT2D eigenvalue weighted by molar-refractivity contribution is 0.355. The maximum absolute atomic E-state index is 13.2. The van der Waals surface area contributed by atoms with E-state index in [1.54, 1.807) is 60.0 Å². The molecular formula is C25H21ClN4O4. The Kier molecular flexibility index (Phi) is 5.59. The normalized spacial score (nSPS) is 11.2. The molecule has 0 radical (unpaired) electrons. The molecule has 34 heavy (non-hydrogen) atoms. The van der Waals surface area contributed by atoms with Gasteiger partial charge in [0.15, 0.2) is 11.5 Å². The summed E-state index contributed by atoms with van der Waals surface area (Å²) in [6, 6.07) is 14.6. The van der Waals surface area contributed by atoms with Crippen molar-refractivity contribution < 1.29 is 13.9 Å². The Morgan fingerprint density at radius 3 is 2.59 bits per heavy atom. The number of halogens is 1. The van der Waals surface area contributed by atoms with Crippen LogP contribution in [0.15, 0.2) is 70.1 Å². The van der Waals surface area contributed by atoms with Crippen LogP contribution < -0.4 is 15.0 Å². The highest BCUT2D eigenvalue weighted by Crippen LogP contribution is 2.32. The number of hydrogen-bond donors (Lipinski definition) is 0. The molecule has 172 valence electrons. The molecule has 0 bridgehead atoms. The monoisotopic (exact) mass is 476 g/mol. The first-order valence-electron chi connectivity index (χ1n) is 10.5. The summed E-state index contributed by atoms with van der Waals surface area (Å²) >= 11 is 6.09. The number of aromatic nitrogens is 4. The van der Waals surface area contributed by atoms with E-state index in [-0.39, 0.29) is 12.1 Å². The summed E-state index contributed by atoms with van der Waals surface area (Å²) in [7, 11) is 3.16. The third-order valence-electron chi connectivity index (χ3n) is 5.57. The number of ether oxygens (including phenoxy) is 2. The second-order valence-corrected chi connectivity index (χ2v) is 8.13. The van der Waals surface area contributed by atoms with Crippen LogP contribution in [0.2, 0.25) is 5.02 Å². The summed E-state index contributed by atoms with van der Waals surface area (Å²) in [6.07, 6.45) is 3.43. The quantitative estimate of drug-likeness (QED) is 0.348. The molecule has 3 aromatic heterocycles. The van der Waals surface area contributed by atoms with E-state index in [1.165, 1.54) is 0 Å². The fraction of sp³-hybridized carbons (Fsp3) is 0.160. The highest BCUT2D eigenvalue weighted by atomic mass is 35.5. The van der Waals surface area contributed by atoms with Gasteiger partial charge in [-0.3, -0.25) is 4.79 Å². The highest BCUT2D eigenvalue weighted by Gasteiger charge is 2.15. The van der Waals surface area contributed by atoms with Crippen LogP contribution in [0, 0.1) is 6.92 Å². The van der Waals surface area contributed by atoms with Gasteiger partial charge in [0, 0.05) is 28.5 Å². The first-order valence-corrected chi connectivity index (χ1v) is 10.9. The molecule has 0 aliphatic heterocycles. The molecule has 9 heteroatoms. The summed E-state index contributed by atoms with van der Waals surface area (Å²) in [5, 5.41) is 5.15. The van der Waals surface area contributed by atoms with Gasteiger partial charge < -0.3 is 18.5 Å². The third kappa shape index (κ3) is 3.92. The van der Waals surface area contributed by atoms with Crippen LogP contribution in [0.25, 0.3) is 28.2 Å². The van der Waals surface area contributed by atoms with E-state index in [2.05, 4.69) is 10.1 Å². The zero-order chi connectivity index (χ0) is 23.8. The zero-order valence-electron chi connectivity index (χ0n) is 18.8. The maximum atomic E-state index is 13.2. The standard InChI is InChI=1S/C25H21ClN4O4/c1-15-20(27-24(34-15)17-5-4-6-18(26)11-17)14-29-9-10-30-21(25(29)31)13-19(28-30)16-7-8-22(32-2)23(12-16)33-3/h4-13H,14H2,1-3H3. The number of hydrogen-bond acceptors (Lipinski definition) is 6. The molecule has 0 amide bonds. The summed E-state index contributed by atoms with van der Waals surface area (Å²) in [5.41, 5.74) is 3.17. The van der Waals surface area contributed by atoms with E-state index >= 15 is 0 Å². The summed E-state index contributed by atoms with van der Waals surface area (Å²) in [4.78, 5) is 17.8. The Labute approximate surface area is 200 Å². The van der Waals surface area contributed by atoms with Gasteiger partial charge >= 0.3 is 0 Å². The van der Waals surface area contributed by atoms with Crippen LogP contribution in [0.3, 0.4) is 0 Å². The predicted molar refractivity (Wildman–Crippen MR) is 129 cm³/mol. The molecule has 5 rings (SSSR count). The van der Waals surface area contributed by atoms with Gasteiger partial charge in [0.2, 0.25) is 5.89 Å². The highest BCUT2D eigenvalue weighted by molar-refractivity contribution is 6.30. The van der Waals surface area contributed by atoms with Crippen molar-refractivity contribution in [2.24, 2.45) is 0 Å². The minimum absolute atomic E-state index is 0.187. The molecule has 0 spiro atoms. The Bertz CT molecular complexity index is 1570. The van der Waals surface area contributed by atoms with Gasteiger partial charge in [-0.15, -0.1) is 0 Å². The van der Waals surface area contributed by atoms with Crippen molar-refractivity contribution in [2.75, 3.05) is 14.2 Å². The minimum Gasteiger partial charge on any atom is -0.493 e. The summed E-state index contributed by atoms with van der Waals surface area (Å²) in [5.74, 6) is 2.31. The van der Waals surface area contributed by atoms with Crippen LogP contribution in [-0.2, 0) is 6.54 Å². The Morgan fingerprint density at radius 1 is 1.00 bits per heavy atom. The van der Waals surface area contributed by atoms with Crippen LogP contribution in [0.1, 0.15) is 11.5 Å². The SMILES string of the molecule is COc1ccc(-c2cc3c(=O)n(Cc4nc(-c5cccc(Cl)c5)oc4C)ccn3n2)cc1OC. The molecule has 0 atom stereocenters. The van der Waals surface area contributed by atoms with Crippen molar-refractivity contribution >= 4 is 17.1 Å². The van der Waals surface area contributed by atoms with Gasteiger partial charge in [0.1, 0.15) is 17.0 Å². The van der Waals surface area contributed by atoms with Crippen molar-refractivity contribution in [3.05, 3.63) is 87.8 Å². The minimum atomic E-state index is -0.187. The lowest BCUT2D eigenvalue weighted by atomic mass is 10.1. The number of nitrogens with zero attached hydrogens (tertiary/aromatic N) is 4. The molecule has 0 N–H and O–H groups in total. The zero-order valence-corrected chi connectivity index (χ0v) is 19.5. The summed E-state index contributed by atoms with van der Waals surface area (Å²) in [6.45, 7) is 2.09. The number of methoxy groups -OCH3 is 2. The molecule has 3 heterocycles. The van der Waals surface area contributed by atoms with E-state index in [0.717, 1.165) is 11.1 Å². The van der Waals surface area contributed by atoms with Crippen molar-refractivity contribution in [3.63, 3.8) is 0 Å². The van der Waals surface area contributed by atoms with E-state index < -0.39 is 0 Å².